The Balaban J connectivity index is 2.66. The van der Waals surface area contributed by atoms with Gasteiger partial charge in [0, 0.05) is 32.3 Å². The third-order valence-electron chi connectivity index (χ3n) is 3.54. The molecule has 0 radical (unpaired) electrons. The van der Waals surface area contributed by atoms with E-state index in [-0.39, 0.29) is 11.4 Å². The Morgan fingerprint density at radius 2 is 1.94 bits per heavy atom. The number of nitrogens with zero attached hydrogens (tertiary/aromatic N) is 1. The van der Waals surface area contributed by atoms with Crippen LogP contribution in [0.15, 0.2) is 24.3 Å². The lowest BCUT2D eigenvalue weighted by Gasteiger charge is -2.38. The second-order valence-corrected chi connectivity index (χ2v) is 4.93. The number of hydrogen-bond donors (Lipinski definition) is 1. The first-order valence-corrected chi connectivity index (χ1v) is 6.16. The monoisotopic (exact) mass is 254 g/mol. The van der Waals surface area contributed by atoms with Gasteiger partial charge in [-0.2, -0.15) is 0 Å². The first kappa shape index (κ1) is 15.1. The minimum Gasteiger partial charge on any atom is -0.385 e. The first-order chi connectivity index (χ1) is 8.51. The highest BCUT2D eigenvalue weighted by Gasteiger charge is 2.27. The minimum atomic E-state index is -0.206. The molecule has 3 nitrogen and oxygen atoms in total. The average molecular weight is 254 g/mol. The lowest BCUT2D eigenvalue weighted by Crippen LogP contribution is -2.49. The van der Waals surface area contributed by atoms with Crippen molar-refractivity contribution in [1.82, 2.24) is 4.90 Å². The molecule has 2 N–H and O–H groups in total. The number of methoxy groups -OCH3 is 1. The van der Waals surface area contributed by atoms with Gasteiger partial charge in [0.25, 0.3) is 0 Å². The number of halogens is 1. The van der Waals surface area contributed by atoms with Crippen molar-refractivity contribution in [1.29, 1.82) is 0 Å². The van der Waals surface area contributed by atoms with Gasteiger partial charge in [0.15, 0.2) is 0 Å². The van der Waals surface area contributed by atoms with Crippen LogP contribution in [0.2, 0.25) is 0 Å². The third kappa shape index (κ3) is 4.05. The van der Waals surface area contributed by atoms with E-state index in [0.29, 0.717) is 13.2 Å². The van der Waals surface area contributed by atoms with Crippen LogP contribution >= 0.6 is 0 Å². The van der Waals surface area contributed by atoms with Crippen molar-refractivity contribution in [3.05, 3.63) is 35.6 Å². The van der Waals surface area contributed by atoms with Crippen LogP contribution < -0.4 is 5.73 Å². The maximum atomic E-state index is 12.8. The summed E-state index contributed by atoms with van der Waals surface area (Å²) in [5, 5.41) is 0. The summed E-state index contributed by atoms with van der Waals surface area (Å²) >= 11 is 0. The summed E-state index contributed by atoms with van der Waals surface area (Å²) in [5.74, 6) is -0.206. The van der Waals surface area contributed by atoms with Crippen molar-refractivity contribution in [3.63, 3.8) is 0 Å². The summed E-state index contributed by atoms with van der Waals surface area (Å²) in [6.45, 7) is 4.11. The lowest BCUT2D eigenvalue weighted by atomic mass is 9.95. The van der Waals surface area contributed by atoms with E-state index in [1.165, 1.54) is 12.1 Å². The van der Waals surface area contributed by atoms with Gasteiger partial charge >= 0.3 is 0 Å². The highest BCUT2D eigenvalue weighted by atomic mass is 19.1. The summed E-state index contributed by atoms with van der Waals surface area (Å²) in [5.41, 5.74) is 6.84. The molecule has 1 aromatic carbocycles. The summed E-state index contributed by atoms with van der Waals surface area (Å²) in [7, 11) is 3.72. The molecule has 0 aliphatic carbocycles. The van der Waals surface area contributed by atoms with Gasteiger partial charge in [0.05, 0.1) is 0 Å². The largest absolute Gasteiger partial charge is 0.385 e. The van der Waals surface area contributed by atoms with Crippen molar-refractivity contribution in [2.24, 2.45) is 5.73 Å². The van der Waals surface area contributed by atoms with E-state index in [9.17, 15) is 4.39 Å². The summed E-state index contributed by atoms with van der Waals surface area (Å²) < 4.78 is 18.0. The zero-order chi connectivity index (χ0) is 13.6. The van der Waals surface area contributed by atoms with E-state index in [0.717, 1.165) is 18.5 Å². The molecule has 0 amide bonds. The Hall–Kier alpha value is -0.970. The molecule has 0 aliphatic heterocycles. The topological polar surface area (TPSA) is 38.5 Å². The maximum absolute atomic E-state index is 12.8. The summed E-state index contributed by atoms with van der Waals surface area (Å²) in [6.07, 6.45) is 0.873. The zero-order valence-corrected chi connectivity index (χ0v) is 11.4. The number of hydrogen-bond acceptors (Lipinski definition) is 3. The molecule has 1 aromatic rings. The van der Waals surface area contributed by atoms with Gasteiger partial charge in [-0.05, 0) is 38.1 Å². The van der Waals surface area contributed by atoms with Gasteiger partial charge in [-0.25, -0.2) is 4.39 Å². The van der Waals surface area contributed by atoms with Crippen LogP contribution in [-0.2, 0) is 11.3 Å². The van der Waals surface area contributed by atoms with Crippen LogP contribution in [0.25, 0.3) is 0 Å². The minimum absolute atomic E-state index is 0.107. The van der Waals surface area contributed by atoms with Crippen molar-refractivity contribution in [2.45, 2.75) is 25.4 Å². The second kappa shape index (κ2) is 6.83. The Labute approximate surface area is 109 Å². The molecule has 0 aromatic heterocycles. The number of likely N-dealkylation sites (N-methyl/N-ethyl adjacent to an activating group) is 1. The van der Waals surface area contributed by atoms with Gasteiger partial charge in [-0.3, -0.25) is 4.90 Å². The molecule has 102 valence electrons. The van der Waals surface area contributed by atoms with Crippen LogP contribution in [0.1, 0.15) is 18.9 Å². The van der Waals surface area contributed by atoms with Crippen LogP contribution in [-0.4, -0.2) is 37.7 Å². The molecule has 0 fully saturated rings. The number of ether oxygens (including phenoxy) is 1. The van der Waals surface area contributed by atoms with E-state index in [1.807, 2.05) is 7.05 Å². The van der Waals surface area contributed by atoms with E-state index >= 15 is 0 Å². The third-order valence-corrected chi connectivity index (χ3v) is 3.54. The van der Waals surface area contributed by atoms with Gasteiger partial charge in [-0.15, -0.1) is 0 Å². The zero-order valence-electron chi connectivity index (χ0n) is 11.4. The van der Waals surface area contributed by atoms with Crippen molar-refractivity contribution in [2.75, 3.05) is 27.3 Å². The van der Waals surface area contributed by atoms with E-state index < -0.39 is 0 Å². The normalized spacial score (nSPS) is 14.8. The van der Waals surface area contributed by atoms with Crippen LogP contribution in [0.3, 0.4) is 0 Å². The molecule has 0 saturated carbocycles. The smallest absolute Gasteiger partial charge is 0.123 e. The highest BCUT2D eigenvalue weighted by Crippen LogP contribution is 2.19. The Bertz CT molecular complexity index is 355. The molecule has 4 heteroatoms. The quantitative estimate of drug-likeness (QED) is 0.809. The van der Waals surface area contributed by atoms with E-state index in [2.05, 4.69) is 11.8 Å². The fourth-order valence-electron chi connectivity index (χ4n) is 1.83. The predicted molar refractivity (Wildman–Crippen MR) is 71.8 cm³/mol. The predicted octanol–water partition coefficient (Wildman–Crippen LogP) is 2.01. The highest BCUT2D eigenvalue weighted by molar-refractivity contribution is 5.16. The molecule has 18 heavy (non-hydrogen) atoms. The van der Waals surface area contributed by atoms with Gasteiger partial charge in [0.2, 0.25) is 0 Å². The summed E-state index contributed by atoms with van der Waals surface area (Å²) in [4.78, 5) is 2.19. The molecule has 0 saturated heterocycles. The molecule has 1 atom stereocenters. The molecule has 0 aliphatic rings. The lowest BCUT2D eigenvalue weighted by molar-refractivity contribution is 0.0839. The standard InChI is InChI=1S/C14H23FN2O/c1-14(11-16,8-9-18-3)17(2)10-12-4-6-13(15)7-5-12/h4-7H,8-11,16H2,1-3H3. The molecule has 1 rings (SSSR count). The van der Waals surface area contributed by atoms with Gasteiger partial charge in [0.1, 0.15) is 5.82 Å². The Morgan fingerprint density at radius 3 is 2.44 bits per heavy atom. The van der Waals surface area contributed by atoms with E-state index in [1.54, 1.807) is 19.2 Å². The van der Waals surface area contributed by atoms with Gasteiger partial charge < -0.3 is 10.5 Å². The SMILES string of the molecule is COCCC(C)(CN)N(C)Cc1ccc(F)cc1. The molecule has 0 spiro atoms. The molecule has 0 bridgehead atoms. The van der Waals surface area contributed by atoms with Crippen molar-refractivity contribution < 1.29 is 9.13 Å². The second-order valence-electron chi connectivity index (χ2n) is 4.93. The van der Waals surface area contributed by atoms with Crippen LogP contribution in [0.5, 0.6) is 0 Å². The van der Waals surface area contributed by atoms with Crippen molar-refractivity contribution >= 4 is 0 Å². The molecule has 1 unspecified atom stereocenters. The fraction of sp³-hybridized carbons (Fsp3) is 0.571. The maximum Gasteiger partial charge on any atom is 0.123 e. The molecule has 0 heterocycles. The summed E-state index contributed by atoms with van der Waals surface area (Å²) in [6, 6.07) is 6.58. The Kier molecular flexibility index (Phi) is 5.72. The molecular formula is C14H23FN2O. The van der Waals surface area contributed by atoms with Crippen LogP contribution in [0, 0.1) is 5.82 Å². The van der Waals surface area contributed by atoms with E-state index in [4.69, 9.17) is 10.5 Å². The van der Waals surface area contributed by atoms with Gasteiger partial charge in [-0.1, -0.05) is 12.1 Å². The first-order valence-electron chi connectivity index (χ1n) is 6.16. The number of rotatable bonds is 7. The average Bonchev–Trinajstić information content (AvgIpc) is 2.38. The fourth-order valence-corrected chi connectivity index (χ4v) is 1.83. The molecular weight excluding hydrogens is 231 g/mol. The Morgan fingerprint density at radius 1 is 1.33 bits per heavy atom. The number of benzene rings is 1. The van der Waals surface area contributed by atoms with Crippen LogP contribution in [0.4, 0.5) is 4.39 Å². The number of nitrogens with two attached hydrogens (primary N) is 1. The van der Waals surface area contributed by atoms with Crippen molar-refractivity contribution in [3.8, 4) is 0 Å².